The molecule has 0 unspecified atom stereocenters. The normalized spacial score (nSPS) is 11.7. The molecule has 0 saturated carbocycles. The SMILES string of the molecule is Cc1ccc(S(=O)(=O)OCCCCCCCCCO)cc1. The maximum absolute atomic E-state index is 11.9. The van der Waals surface area contributed by atoms with E-state index in [0.717, 1.165) is 50.5 Å². The predicted octanol–water partition coefficient (Wildman–Crippen LogP) is 3.42. The topological polar surface area (TPSA) is 63.6 Å². The Morgan fingerprint density at radius 3 is 2.00 bits per heavy atom. The zero-order valence-electron chi connectivity index (χ0n) is 12.8. The Balaban J connectivity index is 2.15. The van der Waals surface area contributed by atoms with Gasteiger partial charge in [0.2, 0.25) is 0 Å². The van der Waals surface area contributed by atoms with Gasteiger partial charge in [-0.2, -0.15) is 8.42 Å². The second-order valence-electron chi connectivity index (χ2n) is 5.29. The van der Waals surface area contributed by atoms with Crippen LogP contribution in [0.4, 0.5) is 0 Å². The summed E-state index contributed by atoms with van der Waals surface area (Å²) in [5, 5.41) is 8.65. The van der Waals surface area contributed by atoms with Crippen molar-refractivity contribution in [3.8, 4) is 0 Å². The van der Waals surface area contributed by atoms with Crippen LogP contribution in [0.1, 0.15) is 50.5 Å². The van der Waals surface area contributed by atoms with E-state index in [1.807, 2.05) is 6.92 Å². The summed E-state index contributed by atoms with van der Waals surface area (Å²) in [6.07, 6.45) is 7.01. The molecule has 0 fully saturated rings. The third-order valence-electron chi connectivity index (χ3n) is 3.35. The highest BCUT2D eigenvalue weighted by molar-refractivity contribution is 7.86. The smallest absolute Gasteiger partial charge is 0.296 e. The van der Waals surface area contributed by atoms with Crippen LogP contribution in [-0.2, 0) is 14.3 Å². The number of aliphatic hydroxyl groups is 1. The van der Waals surface area contributed by atoms with Crippen molar-refractivity contribution in [2.45, 2.75) is 56.8 Å². The van der Waals surface area contributed by atoms with E-state index in [9.17, 15) is 8.42 Å². The number of aryl methyl sites for hydroxylation is 1. The van der Waals surface area contributed by atoms with Crippen LogP contribution in [0.25, 0.3) is 0 Å². The first-order chi connectivity index (χ1) is 10.1. The first-order valence-electron chi connectivity index (χ1n) is 7.63. The lowest BCUT2D eigenvalue weighted by Crippen LogP contribution is -2.07. The molecule has 0 aliphatic rings. The molecule has 1 aromatic carbocycles. The molecular formula is C16H26O4S. The number of unbranched alkanes of at least 4 members (excludes halogenated alkanes) is 6. The molecule has 1 aromatic rings. The van der Waals surface area contributed by atoms with Gasteiger partial charge in [0.15, 0.2) is 0 Å². The van der Waals surface area contributed by atoms with Gasteiger partial charge in [-0.15, -0.1) is 0 Å². The molecule has 0 radical (unpaired) electrons. The summed E-state index contributed by atoms with van der Waals surface area (Å²) in [5.74, 6) is 0. The summed E-state index contributed by atoms with van der Waals surface area (Å²) in [6.45, 7) is 2.43. The Kier molecular flexibility index (Phi) is 8.57. The van der Waals surface area contributed by atoms with Gasteiger partial charge in [-0.25, -0.2) is 0 Å². The standard InChI is InChI=1S/C16H26O4S/c1-15-9-11-16(12-10-15)21(18,19)20-14-8-6-4-2-3-5-7-13-17/h9-12,17H,2-8,13-14H2,1H3. The largest absolute Gasteiger partial charge is 0.396 e. The van der Waals surface area contributed by atoms with Crippen molar-refractivity contribution in [3.05, 3.63) is 29.8 Å². The second-order valence-corrected chi connectivity index (χ2v) is 6.90. The molecule has 1 rings (SSSR count). The lowest BCUT2D eigenvalue weighted by Gasteiger charge is -2.06. The van der Waals surface area contributed by atoms with Gasteiger partial charge in [-0.1, -0.05) is 49.8 Å². The highest BCUT2D eigenvalue weighted by atomic mass is 32.2. The van der Waals surface area contributed by atoms with Gasteiger partial charge in [-0.3, -0.25) is 4.18 Å². The van der Waals surface area contributed by atoms with Crippen LogP contribution in [0.2, 0.25) is 0 Å². The van der Waals surface area contributed by atoms with Crippen molar-refractivity contribution in [3.63, 3.8) is 0 Å². The van der Waals surface area contributed by atoms with Gasteiger partial charge in [0.25, 0.3) is 10.1 Å². The summed E-state index contributed by atoms with van der Waals surface area (Å²) < 4.78 is 28.8. The fraction of sp³-hybridized carbons (Fsp3) is 0.625. The molecule has 0 aromatic heterocycles. The Hall–Kier alpha value is -0.910. The maximum atomic E-state index is 11.9. The molecule has 0 spiro atoms. The summed E-state index contributed by atoms with van der Waals surface area (Å²) in [4.78, 5) is 0.220. The lowest BCUT2D eigenvalue weighted by molar-refractivity contribution is 0.281. The van der Waals surface area contributed by atoms with Crippen LogP contribution >= 0.6 is 0 Å². The molecule has 0 amide bonds. The molecule has 0 saturated heterocycles. The molecule has 0 atom stereocenters. The van der Waals surface area contributed by atoms with E-state index in [2.05, 4.69) is 0 Å². The van der Waals surface area contributed by atoms with Crippen LogP contribution < -0.4 is 0 Å². The van der Waals surface area contributed by atoms with Gasteiger partial charge in [0.1, 0.15) is 0 Å². The quantitative estimate of drug-likeness (QED) is 0.502. The van der Waals surface area contributed by atoms with E-state index >= 15 is 0 Å². The number of hydrogen-bond donors (Lipinski definition) is 1. The van der Waals surface area contributed by atoms with Gasteiger partial charge < -0.3 is 5.11 Å². The first-order valence-corrected chi connectivity index (χ1v) is 9.04. The number of rotatable bonds is 11. The van der Waals surface area contributed by atoms with Gasteiger partial charge in [-0.05, 0) is 31.9 Å². The van der Waals surface area contributed by atoms with Crippen molar-refractivity contribution in [1.29, 1.82) is 0 Å². The van der Waals surface area contributed by atoms with E-state index in [1.54, 1.807) is 24.3 Å². The monoisotopic (exact) mass is 314 g/mol. The van der Waals surface area contributed by atoms with Crippen molar-refractivity contribution >= 4 is 10.1 Å². The Morgan fingerprint density at radius 2 is 1.43 bits per heavy atom. The molecule has 1 N–H and O–H groups in total. The first kappa shape index (κ1) is 18.1. The van der Waals surface area contributed by atoms with Gasteiger partial charge >= 0.3 is 0 Å². The van der Waals surface area contributed by atoms with Crippen molar-refractivity contribution < 1.29 is 17.7 Å². The zero-order chi connectivity index (χ0) is 15.6. The van der Waals surface area contributed by atoms with Crippen LogP contribution in [0.15, 0.2) is 29.2 Å². The number of benzene rings is 1. The molecular weight excluding hydrogens is 288 g/mol. The number of hydrogen-bond acceptors (Lipinski definition) is 4. The summed E-state index contributed by atoms with van der Waals surface area (Å²) in [6, 6.07) is 6.68. The highest BCUT2D eigenvalue weighted by Gasteiger charge is 2.14. The third-order valence-corrected chi connectivity index (χ3v) is 4.68. The van der Waals surface area contributed by atoms with Crippen molar-refractivity contribution in [1.82, 2.24) is 0 Å². The Labute approximate surface area is 128 Å². The number of aliphatic hydroxyl groups excluding tert-OH is 1. The molecule has 5 heteroatoms. The van der Waals surface area contributed by atoms with Gasteiger partial charge in [0, 0.05) is 6.61 Å². The summed E-state index contributed by atoms with van der Waals surface area (Å²) in [7, 11) is -3.61. The van der Waals surface area contributed by atoms with Crippen LogP contribution in [-0.4, -0.2) is 26.7 Å². The molecule has 0 aliphatic heterocycles. The van der Waals surface area contributed by atoms with E-state index in [-0.39, 0.29) is 18.1 Å². The molecule has 0 bridgehead atoms. The van der Waals surface area contributed by atoms with Crippen molar-refractivity contribution in [2.24, 2.45) is 0 Å². The van der Waals surface area contributed by atoms with E-state index < -0.39 is 10.1 Å². The minimum Gasteiger partial charge on any atom is -0.396 e. The highest BCUT2D eigenvalue weighted by Crippen LogP contribution is 2.14. The van der Waals surface area contributed by atoms with Crippen molar-refractivity contribution in [2.75, 3.05) is 13.2 Å². The van der Waals surface area contributed by atoms with E-state index in [4.69, 9.17) is 9.29 Å². The molecule has 4 nitrogen and oxygen atoms in total. The third kappa shape index (κ3) is 7.60. The molecule has 0 heterocycles. The van der Waals surface area contributed by atoms with Crippen LogP contribution in [0.3, 0.4) is 0 Å². The maximum Gasteiger partial charge on any atom is 0.296 e. The lowest BCUT2D eigenvalue weighted by atomic mass is 10.1. The van der Waals surface area contributed by atoms with Crippen LogP contribution in [0, 0.1) is 6.92 Å². The van der Waals surface area contributed by atoms with E-state index in [1.165, 1.54) is 0 Å². The minimum atomic E-state index is -3.61. The fourth-order valence-electron chi connectivity index (χ4n) is 2.04. The molecule has 21 heavy (non-hydrogen) atoms. The van der Waals surface area contributed by atoms with Gasteiger partial charge in [0.05, 0.1) is 11.5 Å². The molecule has 120 valence electrons. The average molecular weight is 314 g/mol. The minimum absolute atomic E-state index is 0.220. The fourth-order valence-corrected chi connectivity index (χ4v) is 2.98. The Morgan fingerprint density at radius 1 is 0.905 bits per heavy atom. The molecule has 0 aliphatic carbocycles. The van der Waals surface area contributed by atoms with E-state index in [0.29, 0.717) is 0 Å². The average Bonchev–Trinajstić information content (AvgIpc) is 2.46. The zero-order valence-corrected chi connectivity index (χ0v) is 13.6. The summed E-state index contributed by atoms with van der Waals surface area (Å²) >= 11 is 0. The Bertz CT molecular complexity index is 480. The second kappa shape index (κ2) is 9.92. The van der Waals surface area contributed by atoms with Crippen LogP contribution in [0.5, 0.6) is 0 Å². The predicted molar refractivity (Wildman–Crippen MR) is 83.7 cm³/mol. The summed E-state index contributed by atoms with van der Waals surface area (Å²) in [5.41, 5.74) is 1.02.